The lowest BCUT2D eigenvalue weighted by atomic mass is 10.1. The molecule has 2 rings (SSSR count). The molecule has 0 radical (unpaired) electrons. The van der Waals surface area contributed by atoms with Crippen molar-refractivity contribution in [2.75, 3.05) is 0 Å². The van der Waals surface area contributed by atoms with Gasteiger partial charge in [0.15, 0.2) is 5.71 Å². The molecule has 0 aliphatic heterocycles. The lowest BCUT2D eigenvalue weighted by Crippen LogP contribution is -2.23. The van der Waals surface area contributed by atoms with E-state index in [1.807, 2.05) is 0 Å². The molecule has 0 fully saturated rings. The number of alkyl halides is 3. The maximum atomic E-state index is 12.1. The van der Waals surface area contributed by atoms with Crippen LogP contribution in [0.25, 0.3) is 0 Å². The first-order valence-corrected chi connectivity index (χ1v) is 7.61. The molecule has 0 aliphatic rings. The van der Waals surface area contributed by atoms with Crippen molar-refractivity contribution < 1.29 is 36.5 Å². The fourth-order valence-corrected chi connectivity index (χ4v) is 1.97. The average molecular weight is 363 g/mol. The molecule has 0 amide bonds. The molecular formula is C14H12F3NO5S. The topological polar surface area (TPSA) is 107 Å². The van der Waals surface area contributed by atoms with E-state index in [4.69, 9.17) is 14.9 Å². The molecule has 6 nitrogen and oxygen atoms in total. The van der Waals surface area contributed by atoms with Gasteiger partial charge in [0.2, 0.25) is 0 Å². The number of benzene rings is 2. The van der Waals surface area contributed by atoms with E-state index in [-0.39, 0.29) is 16.2 Å². The molecule has 0 saturated heterocycles. The number of hydrogen-bond acceptors (Lipinski definition) is 5. The Kier molecular flexibility index (Phi) is 6.32. The maximum Gasteiger partial charge on any atom is 0.437 e. The highest BCUT2D eigenvalue weighted by Gasteiger charge is 2.37. The van der Waals surface area contributed by atoms with E-state index in [9.17, 15) is 21.6 Å². The quantitative estimate of drug-likeness (QED) is 0.329. The summed E-state index contributed by atoms with van der Waals surface area (Å²) in [7, 11) is -4.13. The van der Waals surface area contributed by atoms with Gasteiger partial charge in [-0.3, -0.25) is 4.55 Å². The summed E-state index contributed by atoms with van der Waals surface area (Å²) >= 11 is 0. The Morgan fingerprint density at radius 3 is 1.83 bits per heavy atom. The fourth-order valence-electron chi connectivity index (χ4n) is 1.49. The molecule has 130 valence electrons. The smallest absolute Gasteiger partial charge is 0.437 e. The number of nitrogens with zero attached hydrogens (tertiary/aromatic N) is 1. The third kappa shape index (κ3) is 5.89. The predicted molar refractivity (Wildman–Crippen MR) is 78.7 cm³/mol. The summed E-state index contributed by atoms with van der Waals surface area (Å²) in [5.74, 6) is -0.0441. The van der Waals surface area contributed by atoms with Crippen LogP contribution < -0.4 is 0 Å². The zero-order valence-corrected chi connectivity index (χ0v) is 12.7. The number of aromatic hydroxyl groups is 1. The van der Waals surface area contributed by atoms with Crippen LogP contribution in [0.5, 0.6) is 5.75 Å². The van der Waals surface area contributed by atoms with Gasteiger partial charge in [-0.05, 0) is 24.3 Å². The summed E-state index contributed by atoms with van der Waals surface area (Å²) in [6.07, 6.45) is -4.63. The van der Waals surface area contributed by atoms with Gasteiger partial charge in [-0.25, -0.2) is 0 Å². The molecule has 10 heteroatoms. The first-order valence-electron chi connectivity index (χ1n) is 6.17. The minimum absolute atomic E-state index is 0.0441. The highest BCUT2D eigenvalue weighted by atomic mass is 32.2. The maximum absolute atomic E-state index is 12.1. The SMILES string of the molecule is O=S(=O)(O)c1ccc(O)cc1.ON=C(c1ccccc1)C(F)(F)F. The summed E-state index contributed by atoms with van der Waals surface area (Å²) in [6.45, 7) is 0. The normalized spacial score (nSPS) is 12.2. The van der Waals surface area contributed by atoms with E-state index < -0.39 is 22.0 Å². The van der Waals surface area contributed by atoms with Crippen molar-refractivity contribution in [2.24, 2.45) is 5.16 Å². The van der Waals surface area contributed by atoms with Gasteiger partial charge in [0.05, 0.1) is 4.90 Å². The lowest BCUT2D eigenvalue weighted by Gasteiger charge is -2.07. The van der Waals surface area contributed by atoms with Crippen LogP contribution in [0.1, 0.15) is 5.56 Å². The van der Waals surface area contributed by atoms with Crippen LogP contribution in [0.3, 0.4) is 0 Å². The molecule has 3 N–H and O–H groups in total. The minimum Gasteiger partial charge on any atom is -0.508 e. The number of halogens is 3. The van der Waals surface area contributed by atoms with E-state index in [2.05, 4.69) is 5.16 Å². The zero-order valence-electron chi connectivity index (χ0n) is 11.8. The minimum atomic E-state index is -4.63. The predicted octanol–water partition coefficient (Wildman–Crippen LogP) is 3.07. The summed E-state index contributed by atoms with van der Waals surface area (Å²) in [4.78, 5) is -0.227. The molecule has 2 aromatic rings. The lowest BCUT2D eigenvalue weighted by molar-refractivity contribution is -0.0601. The zero-order chi connectivity index (χ0) is 18.4. The number of oxime groups is 1. The van der Waals surface area contributed by atoms with Crippen molar-refractivity contribution in [3.8, 4) is 5.75 Å². The summed E-state index contributed by atoms with van der Waals surface area (Å²) in [6, 6.07) is 11.5. The van der Waals surface area contributed by atoms with Crippen LogP contribution in [0.15, 0.2) is 64.6 Å². The van der Waals surface area contributed by atoms with E-state index in [0.717, 1.165) is 12.1 Å². The third-order valence-corrected chi connectivity index (χ3v) is 3.42. The monoisotopic (exact) mass is 363 g/mol. The Bertz CT molecular complexity index is 787. The standard InChI is InChI=1S/C8H6F3NO.C6H6O4S/c9-8(10,11)7(12-13)6-4-2-1-3-5-6;7-5-1-3-6(4-2-5)11(8,9)10/h1-5,13H;1-4,7H,(H,8,9,10). The van der Waals surface area contributed by atoms with Gasteiger partial charge < -0.3 is 10.3 Å². The molecule has 0 heterocycles. The van der Waals surface area contributed by atoms with Gasteiger partial charge in [-0.2, -0.15) is 21.6 Å². The van der Waals surface area contributed by atoms with E-state index >= 15 is 0 Å². The van der Waals surface area contributed by atoms with Crippen LogP contribution in [0.2, 0.25) is 0 Å². The molecule has 0 atom stereocenters. The molecule has 0 aromatic heterocycles. The molecule has 0 saturated carbocycles. The fraction of sp³-hybridized carbons (Fsp3) is 0.0714. The molecule has 2 aromatic carbocycles. The summed E-state index contributed by atoms with van der Waals surface area (Å²) in [5, 5.41) is 19.2. The van der Waals surface area contributed by atoms with Crippen LogP contribution >= 0.6 is 0 Å². The number of rotatable bonds is 2. The Balaban J connectivity index is 0.000000243. The number of hydrogen-bond donors (Lipinski definition) is 3. The molecular weight excluding hydrogens is 351 g/mol. The van der Waals surface area contributed by atoms with Crippen molar-refractivity contribution in [3.63, 3.8) is 0 Å². The Labute approximate surface area is 135 Å². The van der Waals surface area contributed by atoms with Gasteiger partial charge in [0, 0.05) is 5.56 Å². The molecule has 0 unspecified atom stereocenters. The van der Waals surface area contributed by atoms with Crippen LogP contribution in [-0.2, 0) is 10.1 Å². The molecule has 0 aliphatic carbocycles. The van der Waals surface area contributed by atoms with Gasteiger partial charge in [-0.15, -0.1) is 0 Å². The molecule has 0 spiro atoms. The van der Waals surface area contributed by atoms with Crippen molar-refractivity contribution in [2.45, 2.75) is 11.1 Å². The summed E-state index contributed by atoms with van der Waals surface area (Å²) < 4.78 is 65.7. The highest BCUT2D eigenvalue weighted by molar-refractivity contribution is 7.85. The van der Waals surface area contributed by atoms with Gasteiger partial charge >= 0.3 is 6.18 Å². The molecule has 24 heavy (non-hydrogen) atoms. The van der Waals surface area contributed by atoms with Crippen molar-refractivity contribution >= 4 is 15.8 Å². The highest BCUT2D eigenvalue weighted by Crippen LogP contribution is 2.22. The summed E-state index contributed by atoms with van der Waals surface area (Å²) in [5.41, 5.74) is -1.44. The van der Waals surface area contributed by atoms with Gasteiger partial charge in [-0.1, -0.05) is 35.5 Å². The number of phenolic OH excluding ortho intramolecular Hbond substituents is 1. The second-order valence-corrected chi connectivity index (χ2v) is 5.70. The number of phenols is 1. The van der Waals surface area contributed by atoms with Crippen molar-refractivity contribution in [1.29, 1.82) is 0 Å². The Hall–Kier alpha value is -2.59. The van der Waals surface area contributed by atoms with Crippen LogP contribution in [0, 0.1) is 0 Å². The third-order valence-electron chi connectivity index (χ3n) is 2.55. The van der Waals surface area contributed by atoms with E-state index in [0.29, 0.717) is 0 Å². The van der Waals surface area contributed by atoms with Gasteiger partial charge in [0.1, 0.15) is 5.75 Å². The van der Waals surface area contributed by atoms with Crippen LogP contribution in [0.4, 0.5) is 13.2 Å². The second kappa shape index (κ2) is 7.79. The second-order valence-electron chi connectivity index (χ2n) is 4.28. The average Bonchev–Trinajstić information content (AvgIpc) is 2.48. The van der Waals surface area contributed by atoms with Crippen LogP contribution in [-0.4, -0.2) is 35.2 Å². The molecule has 0 bridgehead atoms. The largest absolute Gasteiger partial charge is 0.508 e. The van der Waals surface area contributed by atoms with Crippen molar-refractivity contribution in [1.82, 2.24) is 0 Å². The Morgan fingerprint density at radius 1 is 0.958 bits per heavy atom. The van der Waals surface area contributed by atoms with E-state index in [1.54, 1.807) is 6.07 Å². The van der Waals surface area contributed by atoms with Crippen molar-refractivity contribution in [3.05, 3.63) is 60.2 Å². The Morgan fingerprint density at radius 2 is 1.46 bits per heavy atom. The van der Waals surface area contributed by atoms with Gasteiger partial charge in [0.25, 0.3) is 10.1 Å². The van der Waals surface area contributed by atoms with E-state index in [1.165, 1.54) is 36.4 Å². The first-order chi connectivity index (χ1) is 11.1. The first kappa shape index (κ1) is 19.5.